The molecule has 1 unspecified atom stereocenters. The Hall–Kier alpha value is -2.32. The fourth-order valence-electron chi connectivity index (χ4n) is 3.05. The van der Waals surface area contributed by atoms with Crippen LogP contribution in [-0.2, 0) is 20.3 Å². The molecule has 1 amide bonds. The molecule has 0 aliphatic carbocycles. The van der Waals surface area contributed by atoms with Crippen molar-refractivity contribution in [2.75, 3.05) is 13.1 Å². The van der Waals surface area contributed by atoms with E-state index in [1.165, 1.54) is 4.57 Å². The highest BCUT2D eigenvalue weighted by molar-refractivity contribution is 5.92. The summed E-state index contributed by atoms with van der Waals surface area (Å²) >= 11 is 0. The van der Waals surface area contributed by atoms with Gasteiger partial charge in [0, 0.05) is 45.5 Å². The summed E-state index contributed by atoms with van der Waals surface area (Å²) < 4.78 is 41.6. The van der Waals surface area contributed by atoms with Crippen LogP contribution in [0.3, 0.4) is 0 Å². The van der Waals surface area contributed by atoms with Gasteiger partial charge in [0.2, 0.25) is 0 Å². The van der Waals surface area contributed by atoms with E-state index in [2.05, 4.69) is 9.97 Å². The summed E-state index contributed by atoms with van der Waals surface area (Å²) in [6.07, 6.45) is 1.13. The molecule has 0 radical (unpaired) electrons. The summed E-state index contributed by atoms with van der Waals surface area (Å²) in [5.41, 5.74) is -0.554. The molecule has 0 spiro atoms. The van der Waals surface area contributed by atoms with Crippen LogP contribution < -0.4 is 0 Å². The van der Waals surface area contributed by atoms with Gasteiger partial charge in [0.25, 0.3) is 5.91 Å². The van der Waals surface area contributed by atoms with E-state index in [4.69, 9.17) is 0 Å². The number of halogens is 3. The summed E-state index contributed by atoms with van der Waals surface area (Å²) in [7, 11) is 3.33. The second kappa shape index (κ2) is 5.95. The number of amides is 1. The molecule has 6 nitrogen and oxygen atoms in total. The highest BCUT2D eigenvalue weighted by atomic mass is 19.4. The average molecular weight is 341 g/mol. The molecule has 130 valence electrons. The Kier molecular flexibility index (Phi) is 4.10. The Morgan fingerprint density at radius 2 is 2.04 bits per heavy atom. The molecule has 1 saturated heterocycles. The third-order valence-corrected chi connectivity index (χ3v) is 4.20. The van der Waals surface area contributed by atoms with Gasteiger partial charge in [0.05, 0.1) is 6.33 Å². The minimum Gasteiger partial charge on any atom is -0.340 e. The lowest BCUT2D eigenvalue weighted by Crippen LogP contribution is -2.39. The number of hydrogen-bond donors (Lipinski definition) is 0. The van der Waals surface area contributed by atoms with E-state index in [1.54, 1.807) is 36.1 Å². The predicted molar refractivity (Wildman–Crippen MR) is 79.3 cm³/mol. The van der Waals surface area contributed by atoms with Crippen LogP contribution in [-0.4, -0.2) is 43.0 Å². The van der Waals surface area contributed by atoms with Crippen molar-refractivity contribution < 1.29 is 18.0 Å². The predicted octanol–water partition coefficient (Wildman–Crippen LogP) is 2.19. The van der Waals surface area contributed by atoms with Gasteiger partial charge in [-0.1, -0.05) is 0 Å². The molecule has 9 heteroatoms. The van der Waals surface area contributed by atoms with E-state index in [9.17, 15) is 18.0 Å². The molecular weight excluding hydrogens is 323 g/mol. The van der Waals surface area contributed by atoms with E-state index < -0.39 is 11.9 Å². The first kappa shape index (κ1) is 16.5. The Balaban J connectivity index is 1.79. The van der Waals surface area contributed by atoms with Crippen LogP contribution in [0.1, 0.15) is 40.8 Å². The van der Waals surface area contributed by atoms with Gasteiger partial charge in [0.1, 0.15) is 11.5 Å². The fraction of sp³-hybridized carbons (Fsp3) is 0.533. The Labute approximate surface area is 136 Å². The summed E-state index contributed by atoms with van der Waals surface area (Å²) in [4.78, 5) is 21.9. The summed E-state index contributed by atoms with van der Waals surface area (Å²) in [5, 5.41) is 0. The third-order valence-electron chi connectivity index (χ3n) is 4.20. The van der Waals surface area contributed by atoms with Gasteiger partial charge in [-0.2, -0.15) is 13.2 Å². The number of aryl methyl sites for hydroxylation is 2. The molecule has 3 rings (SSSR count). The van der Waals surface area contributed by atoms with Crippen molar-refractivity contribution in [1.82, 2.24) is 24.0 Å². The van der Waals surface area contributed by atoms with Gasteiger partial charge in [-0.05, 0) is 12.8 Å². The number of aromatic nitrogens is 4. The monoisotopic (exact) mass is 341 g/mol. The number of likely N-dealkylation sites (tertiary alicyclic amines) is 1. The van der Waals surface area contributed by atoms with E-state index in [1.807, 2.05) is 0 Å². The van der Waals surface area contributed by atoms with Gasteiger partial charge < -0.3 is 14.0 Å². The van der Waals surface area contributed by atoms with Crippen molar-refractivity contribution >= 4 is 5.91 Å². The van der Waals surface area contributed by atoms with Crippen molar-refractivity contribution in [3.05, 3.63) is 35.9 Å². The Morgan fingerprint density at radius 3 is 2.62 bits per heavy atom. The zero-order valence-electron chi connectivity index (χ0n) is 13.4. The Bertz CT molecular complexity index is 749. The van der Waals surface area contributed by atoms with Gasteiger partial charge in [0.15, 0.2) is 5.69 Å². The second-order valence-electron chi connectivity index (χ2n) is 6.11. The molecule has 1 fully saturated rings. The van der Waals surface area contributed by atoms with E-state index >= 15 is 0 Å². The maximum absolute atomic E-state index is 12.8. The van der Waals surface area contributed by atoms with Crippen LogP contribution in [0.2, 0.25) is 0 Å². The van der Waals surface area contributed by atoms with Gasteiger partial charge in [-0.25, -0.2) is 9.97 Å². The number of nitrogens with zero attached hydrogens (tertiary/aromatic N) is 5. The molecule has 2 aromatic heterocycles. The lowest BCUT2D eigenvalue weighted by atomic mass is 9.97. The molecule has 1 aliphatic heterocycles. The average Bonchev–Trinajstić information content (AvgIpc) is 3.12. The fourth-order valence-corrected chi connectivity index (χ4v) is 3.05. The van der Waals surface area contributed by atoms with Crippen LogP contribution in [0, 0.1) is 0 Å². The number of alkyl halides is 3. The first-order valence-electron chi connectivity index (χ1n) is 7.63. The first-order chi connectivity index (χ1) is 11.3. The van der Waals surface area contributed by atoms with Crippen LogP contribution in [0.15, 0.2) is 18.7 Å². The zero-order chi connectivity index (χ0) is 17.5. The molecule has 1 atom stereocenters. The zero-order valence-corrected chi connectivity index (χ0v) is 13.4. The molecule has 0 N–H and O–H groups in total. The number of hydrogen-bond acceptors (Lipinski definition) is 3. The standard InChI is InChI=1S/C15H18F3N5O/c1-21-7-11(19-9-21)14(24)23-5-3-4-10(6-23)13-20-12(8-22(13)2)15(16,17)18/h7-10H,3-6H2,1-2H3. The van der Waals surface area contributed by atoms with E-state index in [-0.39, 0.29) is 11.8 Å². The summed E-state index contributed by atoms with van der Waals surface area (Å²) in [6.45, 7) is 0.917. The van der Waals surface area contributed by atoms with E-state index in [0.717, 1.165) is 12.6 Å². The normalized spacial score (nSPS) is 18.9. The van der Waals surface area contributed by atoms with Gasteiger partial charge in [-0.15, -0.1) is 0 Å². The van der Waals surface area contributed by atoms with Crippen molar-refractivity contribution in [2.45, 2.75) is 24.9 Å². The van der Waals surface area contributed by atoms with Crippen LogP contribution in [0.4, 0.5) is 13.2 Å². The van der Waals surface area contributed by atoms with Crippen molar-refractivity contribution in [3.63, 3.8) is 0 Å². The number of piperidine rings is 1. The maximum atomic E-state index is 12.8. The maximum Gasteiger partial charge on any atom is 0.434 e. The third kappa shape index (κ3) is 3.15. The number of carbonyl (C=O) groups is 1. The molecule has 0 bridgehead atoms. The van der Waals surface area contributed by atoms with Crippen LogP contribution in [0.25, 0.3) is 0 Å². The summed E-state index contributed by atoms with van der Waals surface area (Å²) in [6, 6.07) is 0. The topological polar surface area (TPSA) is 56.0 Å². The van der Waals surface area contributed by atoms with Crippen LogP contribution in [0.5, 0.6) is 0 Å². The lowest BCUT2D eigenvalue weighted by Gasteiger charge is -2.32. The van der Waals surface area contributed by atoms with Gasteiger partial charge in [-0.3, -0.25) is 4.79 Å². The summed E-state index contributed by atoms with van der Waals surface area (Å²) in [5.74, 6) is -0.0566. The van der Waals surface area contributed by atoms with E-state index in [0.29, 0.717) is 31.0 Å². The minimum atomic E-state index is -4.46. The van der Waals surface area contributed by atoms with Gasteiger partial charge >= 0.3 is 6.18 Å². The van der Waals surface area contributed by atoms with Crippen LogP contribution >= 0.6 is 0 Å². The molecular formula is C15H18F3N5O. The first-order valence-corrected chi connectivity index (χ1v) is 7.63. The van der Waals surface area contributed by atoms with Crippen molar-refractivity contribution in [2.24, 2.45) is 14.1 Å². The molecule has 0 aromatic carbocycles. The number of imidazole rings is 2. The van der Waals surface area contributed by atoms with Crippen molar-refractivity contribution in [1.29, 1.82) is 0 Å². The second-order valence-corrected chi connectivity index (χ2v) is 6.11. The SMILES string of the molecule is Cn1cnc(C(=O)N2CCCC(c3nc(C(F)(F)F)cn3C)C2)c1. The number of carbonyl (C=O) groups excluding carboxylic acids is 1. The van der Waals surface area contributed by atoms with Crippen molar-refractivity contribution in [3.8, 4) is 0 Å². The molecule has 1 aliphatic rings. The minimum absolute atomic E-state index is 0.203. The quantitative estimate of drug-likeness (QED) is 0.841. The molecule has 24 heavy (non-hydrogen) atoms. The lowest BCUT2D eigenvalue weighted by molar-refractivity contribution is -0.141. The molecule has 3 heterocycles. The highest BCUT2D eigenvalue weighted by Crippen LogP contribution is 2.32. The largest absolute Gasteiger partial charge is 0.434 e. The smallest absolute Gasteiger partial charge is 0.340 e. The highest BCUT2D eigenvalue weighted by Gasteiger charge is 2.36. The molecule has 0 saturated carbocycles. The molecule has 2 aromatic rings. The Morgan fingerprint density at radius 1 is 1.29 bits per heavy atom. The number of rotatable bonds is 2.